The molecule has 1 heterocycles. The topological polar surface area (TPSA) is 42.4 Å². The van der Waals surface area contributed by atoms with Crippen molar-refractivity contribution < 1.29 is 9.53 Å². The Morgan fingerprint density at radius 3 is 2.40 bits per heavy atom. The molecule has 0 aliphatic rings. The summed E-state index contributed by atoms with van der Waals surface area (Å²) in [5.41, 5.74) is 0.980. The van der Waals surface area contributed by atoms with E-state index in [0.29, 0.717) is 24.7 Å². The fourth-order valence-electron chi connectivity index (χ4n) is 2.00. The van der Waals surface area contributed by atoms with Gasteiger partial charge >= 0.3 is 5.97 Å². The second-order valence-electron chi connectivity index (χ2n) is 5.89. The summed E-state index contributed by atoms with van der Waals surface area (Å²) in [5, 5.41) is 3.11. The number of hydrogen-bond donors (Lipinski definition) is 0. The van der Waals surface area contributed by atoms with Gasteiger partial charge in [0, 0.05) is 24.9 Å². The Hall–Kier alpha value is -1.10. The number of anilines is 1. The van der Waals surface area contributed by atoms with Gasteiger partial charge in [0.25, 0.3) is 0 Å². The maximum Gasteiger partial charge on any atom is 0.305 e. The first-order chi connectivity index (χ1) is 9.42. The van der Waals surface area contributed by atoms with E-state index in [1.807, 2.05) is 5.38 Å². The van der Waals surface area contributed by atoms with Crippen LogP contribution in [0.3, 0.4) is 0 Å². The normalized spacial score (nSPS) is 11.2. The van der Waals surface area contributed by atoms with Gasteiger partial charge in [0.1, 0.15) is 0 Å². The Morgan fingerprint density at radius 2 is 1.90 bits per heavy atom. The lowest BCUT2D eigenvalue weighted by atomic mass is 10.1. The van der Waals surface area contributed by atoms with Gasteiger partial charge in [-0.05, 0) is 11.8 Å². The molecule has 1 aromatic heterocycles. The molecular weight excluding hydrogens is 272 g/mol. The summed E-state index contributed by atoms with van der Waals surface area (Å²) in [6.45, 7) is 10.9. The van der Waals surface area contributed by atoms with Crippen LogP contribution < -0.4 is 4.90 Å². The minimum Gasteiger partial charge on any atom is -0.469 e. The Labute approximate surface area is 126 Å². The molecule has 0 unspecified atom stereocenters. The lowest BCUT2D eigenvalue weighted by Crippen LogP contribution is -2.31. The van der Waals surface area contributed by atoms with Crippen molar-refractivity contribution in [3.05, 3.63) is 11.1 Å². The van der Waals surface area contributed by atoms with E-state index >= 15 is 0 Å². The van der Waals surface area contributed by atoms with Crippen molar-refractivity contribution in [1.29, 1.82) is 0 Å². The second kappa shape index (κ2) is 8.25. The molecule has 0 saturated carbocycles. The van der Waals surface area contributed by atoms with E-state index in [0.717, 1.165) is 23.9 Å². The van der Waals surface area contributed by atoms with Gasteiger partial charge in [-0.2, -0.15) is 0 Å². The van der Waals surface area contributed by atoms with Crippen molar-refractivity contribution in [3.8, 4) is 0 Å². The van der Waals surface area contributed by atoms with E-state index in [1.54, 1.807) is 11.3 Å². The molecule has 0 N–H and O–H groups in total. The van der Waals surface area contributed by atoms with Crippen LogP contribution in [0.2, 0.25) is 0 Å². The van der Waals surface area contributed by atoms with Crippen LogP contribution in [0.5, 0.6) is 0 Å². The van der Waals surface area contributed by atoms with Crippen molar-refractivity contribution in [2.75, 3.05) is 25.1 Å². The lowest BCUT2D eigenvalue weighted by Gasteiger charge is -2.25. The number of nitrogens with zero attached hydrogens (tertiary/aromatic N) is 2. The molecule has 5 heteroatoms. The quantitative estimate of drug-likeness (QED) is 0.690. The van der Waals surface area contributed by atoms with Crippen LogP contribution in [0, 0.1) is 11.8 Å². The maximum absolute atomic E-state index is 11.2. The number of carbonyl (C=O) groups excluding carboxylic acids is 1. The fourth-order valence-corrected chi connectivity index (χ4v) is 2.88. The third-order valence-corrected chi connectivity index (χ3v) is 3.74. The summed E-state index contributed by atoms with van der Waals surface area (Å²) in [7, 11) is 1.42. The molecule has 0 fully saturated rings. The molecule has 0 aromatic carbocycles. The summed E-state index contributed by atoms with van der Waals surface area (Å²) in [5.74, 6) is 1.04. The lowest BCUT2D eigenvalue weighted by molar-refractivity contribution is -0.140. The molecule has 0 amide bonds. The SMILES string of the molecule is COC(=O)CCc1csc(N(CC(C)C)CC(C)C)n1. The third-order valence-electron chi connectivity index (χ3n) is 2.79. The molecule has 0 saturated heterocycles. The zero-order valence-electron chi connectivity index (χ0n) is 13.2. The number of aromatic nitrogens is 1. The van der Waals surface area contributed by atoms with Gasteiger partial charge < -0.3 is 9.64 Å². The van der Waals surface area contributed by atoms with Gasteiger partial charge in [0.05, 0.1) is 19.2 Å². The summed E-state index contributed by atoms with van der Waals surface area (Å²) in [6, 6.07) is 0. The minimum absolute atomic E-state index is 0.180. The molecule has 0 aliphatic heterocycles. The number of aryl methyl sites for hydroxylation is 1. The zero-order valence-corrected chi connectivity index (χ0v) is 14.0. The van der Waals surface area contributed by atoms with Gasteiger partial charge in [-0.15, -0.1) is 11.3 Å². The van der Waals surface area contributed by atoms with Crippen LogP contribution >= 0.6 is 11.3 Å². The smallest absolute Gasteiger partial charge is 0.305 e. The molecular formula is C15H26N2O2S. The summed E-state index contributed by atoms with van der Waals surface area (Å²) < 4.78 is 4.66. The Balaban J connectivity index is 2.67. The standard InChI is InChI=1S/C15H26N2O2S/c1-11(2)8-17(9-12(3)4)15-16-13(10-20-15)6-7-14(18)19-5/h10-12H,6-9H2,1-5H3. The third kappa shape index (κ3) is 5.90. The van der Waals surface area contributed by atoms with Crippen LogP contribution in [0.15, 0.2) is 5.38 Å². The van der Waals surface area contributed by atoms with Crippen molar-refractivity contribution in [3.63, 3.8) is 0 Å². The van der Waals surface area contributed by atoms with Gasteiger partial charge in [0.2, 0.25) is 0 Å². The fraction of sp³-hybridized carbons (Fsp3) is 0.733. The average molecular weight is 298 g/mol. The van der Waals surface area contributed by atoms with Crippen molar-refractivity contribution in [2.24, 2.45) is 11.8 Å². The van der Waals surface area contributed by atoms with Crippen LogP contribution in [0.4, 0.5) is 5.13 Å². The first kappa shape index (κ1) is 17.0. The number of thiazole rings is 1. The number of carbonyl (C=O) groups is 1. The predicted octanol–water partition coefficient (Wildman–Crippen LogP) is 3.37. The van der Waals surface area contributed by atoms with Crippen LogP contribution in [-0.4, -0.2) is 31.2 Å². The molecule has 1 rings (SSSR count). The molecule has 0 aliphatic carbocycles. The van der Waals surface area contributed by atoms with E-state index in [-0.39, 0.29) is 5.97 Å². The Morgan fingerprint density at radius 1 is 1.30 bits per heavy atom. The predicted molar refractivity (Wildman–Crippen MR) is 84.3 cm³/mol. The molecule has 20 heavy (non-hydrogen) atoms. The Bertz CT molecular complexity index is 406. The molecule has 0 bridgehead atoms. The number of ether oxygens (including phenoxy) is 1. The van der Waals surface area contributed by atoms with E-state index < -0.39 is 0 Å². The van der Waals surface area contributed by atoms with Gasteiger partial charge in [0.15, 0.2) is 5.13 Å². The summed E-state index contributed by atoms with van der Waals surface area (Å²) >= 11 is 1.66. The number of methoxy groups -OCH3 is 1. The largest absolute Gasteiger partial charge is 0.469 e. The highest BCUT2D eigenvalue weighted by molar-refractivity contribution is 7.13. The summed E-state index contributed by atoms with van der Waals surface area (Å²) in [4.78, 5) is 18.2. The van der Waals surface area contributed by atoms with Crippen LogP contribution in [0.25, 0.3) is 0 Å². The first-order valence-electron chi connectivity index (χ1n) is 7.18. The molecule has 0 atom stereocenters. The van der Waals surface area contributed by atoms with Gasteiger partial charge in [-0.1, -0.05) is 27.7 Å². The van der Waals surface area contributed by atoms with Gasteiger partial charge in [-0.3, -0.25) is 4.79 Å². The van der Waals surface area contributed by atoms with Crippen molar-refractivity contribution >= 4 is 22.4 Å². The van der Waals surface area contributed by atoms with E-state index in [2.05, 4.69) is 42.3 Å². The maximum atomic E-state index is 11.2. The van der Waals surface area contributed by atoms with E-state index in [1.165, 1.54) is 7.11 Å². The van der Waals surface area contributed by atoms with Crippen LogP contribution in [0.1, 0.15) is 39.8 Å². The average Bonchev–Trinajstić information content (AvgIpc) is 2.82. The molecule has 114 valence electrons. The van der Waals surface area contributed by atoms with E-state index in [9.17, 15) is 4.79 Å². The number of esters is 1. The minimum atomic E-state index is -0.180. The van der Waals surface area contributed by atoms with Crippen molar-refractivity contribution in [2.45, 2.75) is 40.5 Å². The van der Waals surface area contributed by atoms with Crippen molar-refractivity contribution in [1.82, 2.24) is 4.98 Å². The van der Waals surface area contributed by atoms with E-state index in [4.69, 9.17) is 0 Å². The van der Waals surface area contributed by atoms with Crippen LogP contribution in [-0.2, 0) is 16.0 Å². The second-order valence-corrected chi connectivity index (χ2v) is 6.73. The zero-order chi connectivity index (χ0) is 15.1. The number of rotatable bonds is 8. The highest BCUT2D eigenvalue weighted by atomic mass is 32.1. The first-order valence-corrected chi connectivity index (χ1v) is 8.06. The monoisotopic (exact) mass is 298 g/mol. The summed E-state index contributed by atoms with van der Waals surface area (Å²) in [6.07, 6.45) is 1.05. The highest BCUT2D eigenvalue weighted by Gasteiger charge is 2.14. The highest BCUT2D eigenvalue weighted by Crippen LogP contribution is 2.23. The number of hydrogen-bond acceptors (Lipinski definition) is 5. The Kier molecular flexibility index (Phi) is 6.99. The molecule has 4 nitrogen and oxygen atoms in total. The molecule has 0 radical (unpaired) electrons. The molecule has 0 spiro atoms. The van der Waals surface area contributed by atoms with Gasteiger partial charge in [-0.25, -0.2) is 4.98 Å². The molecule has 1 aromatic rings.